The topological polar surface area (TPSA) is 35.2 Å². The van der Waals surface area contributed by atoms with Crippen LogP contribution in [0.15, 0.2) is 24.3 Å². The average Bonchev–Trinajstić information content (AvgIpc) is 2.32. The highest BCUT2D eigenvalue weighted by Crippen LogP contribution is 2.28. The van der Waals surface area contributed by atoms with Gasteiger partial charge in [-0.3, -0.25) is 0 Å². The molecule has 0 aliphatic rings. The van der Waals surface area contributed by atoms with Crippen LogP contribution in [0.2, 0.25) is 0 Å². The standard InChI is InChI=1S/C16H24FNO/c1-11(2)14(6-5-9-18)13-7-8-16(15(17)10-13)19-12(3)4/h6-8,10-12H,5,9,18H2,1-4H3/b14-6+. The summed E-state index contributed by atoms with van der Waals surface area (Å²) in [6.07, 6.45) is 2.86. The van der Waals surface area contributed by atoms with Gasteiger partial charge in [0.05, 0.1) is 6.10 Å². The third-order valence-corrected chi connectivity index (χ3v) is 2.78. The largest absolute Gasteiger partial charge is 0.488 e. The number of allylic oxidation sites excluding steroid dienone is 1. The molecule has 2 N–H and O–H groups in total. The Balaban J connectivity index is 3.03. The maximum atomic E-state index is 14.0. The fourth-order valence-corrected chi connectivity index (χ4v) is 1.96. The average molecular weight is 265 g/mol. The zero-order chi connectivity index (χ0) is 14.4. The van der Waals surface area contributed by atoms with Crippen molar-refractivity contribution in [2.24, 2.45) is 11.7 Å². The first kappa shape index (κ1) is 15.7. The van der Waals surface area contributed by atoms with E-state index in [1.807, 2.05) is 19.9 Å². The van der Waals surface area contributed by atoms with Gasteiger partial charge in [0.15, 0.2) is 11.6 Å². The molecule has 0 heterocycles. The van der Waals surface area contributed by atoms with E-state index in [9.17, 15) is 4.39 Å². The Morgan fingerprint density at radius 3 is 2.47 bits per heavy atom. The van der Waals surface area contributed by atoms with Crippen LogP contribution in [-0.4, -0.2) is 12.6 Å². The molecule has 0 fully saturated rings. The Hall–Kier alpha value is -1.35. The Morgan fingerprint density at radius 2 is 2.00 bits per heavy atom. The predicted molar refractivity (Wildman–Crippen MR) is 78.7 cm³/mol. The molecule has 1 aromatic carbocycles. The van der Waals surface area contributed by atoms with Crippen LogP contribution in [0, 0.1) is 11.7 Å². The smallest absolute Gasteiger partial charge is 0.165 e. The summed E-state index contributed by atoms with van der Waals surface area (Å²) in [6.45, 7) is 8.56. The van der Waals surface area contributed by atoms with Crippen LogP contribution in [0.25, 0.3) is 5.57 Å². The van der Waals surface area contributed by atoms with Crippen LogP contribution in [0.1, 0.15) is 39.7 Å². The van der Waals surface area contributed by atoms with Crippen LogP contribution >= 0.6 is 0 Å². The molecule has 0 aliphatic carbocycles. The van der Waals surface area contributed by atoms with Gasteiger partial charge in [-0.25, -0.2) is 4.39 Å². The summed E-state index contributed by atoms with van der Waals surface area (Å²) in [5.41, 5.74) is 7.55. The Labute approximate surface area is 115 Å². The van der Waals surface area contributed by atoms with Crippen molar-refractivity contribution in [2.45, 2.75) is 40.2 Å². The fourth-order valence-electron chi connectivity index (χ4n) is 1.96. The molecule has 0 aliphatic heterocycles. The number of rotatable bonds is 6. The van der Waals surface area contributed by atoms with Crippen LogP contribution < -0.4 is 10.5 Å². The van der Waals surface area contributed by atoms with Gasteiger partial charge in [-0.2, -0.15) is 0 Å². The first-order valence-electron chi connectivity index (χ1n) is 6.82. The van der Waals surface area contributed by atoms with E-state index < -0.39 is 0 Å². The normalized spacial score (nSPS) is 12.3. The lowest BCUT2D eigenvalue weighted by molar-refractivity contribution is 0.231. The van der Waals surface area contributed by atoms with Crippen molar-refractivity contribution < 1.29 is 9.13 Å². The molecule has 1 aromatic rings. The zero-order valence-corrected chi connectivity index (χ0v) is 12.2. The summed E-state index contributed by atoms with van der Waals surface area (Å²) in [5.74, 6) is 0.328. The molecule has 0 amide bonds. The minimum atomic E-state index is -0.314. The summed E-state index contributed by atoms with van der Waals surface area (Å²) >= 11 is 0. The predicted octanol–water partition coefficient (Wildman–Crippen LogP) is 4.00. The lowest BCUT2D eigenvalue weighted by atomic mass is 9.94. The van der Waals surface area contributed by atoms with E-state index in [0.29, 0.717) is 18.2 Å². The molecule has 19 heavy (non-hydrogen) atoms. The molecule has 2 nitrogen and oxygen atoms in total. The second-order valence-corrected chi connectivity index (χ2v) is 5.20. The van der Waals surface area contributed by atoms with Gasteiger partial charge >= 0.3 is 0 Å². The maximum absolute atomic E-state index is 14.0. The van der Waals surface area contributed by atoms with Gasteiger partial charge in [-0.15, -0.1) is 0 Å². The van der Waals surface area contributed by atoms with Gasteiger partial charge in [0.2, 0.25) is 0 Å². The van der Waals surface area contributed by atoms with Crippen molar-refractivity contribution in [3.8, 4) is 5.75 Å². The number of nitrogens with two attached hydrogens (primary N) is 1. The van der Waals surface area contributed by atoms with E-state index in [1.54, 1.807) is 12.1 Å². The lowest BCUT2D eigenvalue weighted by Gasteiger charge is -2.15. The fraction of sp³-hybridized carbons (Fsp3) is 0.500. The van der Waals surface area contributed by atoms with Gasteiger partial charge < -0.3 is 10.5 Å². The third-order valence-electron chi connectivity index (χ3n) is 2.78. The van der Waals surface area contributed by atoms with E-state index in [4.69, 9.17) is 10.5 Å². The number of hydrogen-bond donors (Lipinski definition) is 1. The Bertz CT molecular complexity index is 438. The van der Waals surface area contributed by atoms with Crippen molar-refractivity contribution in [3.05, 3.63) is 35.7 Å². The molecule has 0 unspecified atom stereocenters. The minimum absolute atomic E-state index is 0.0299. The molecule has 0 radical (unpaired) electrons. The van der Waals surface area contributed by atoms with E-state index in [-0.39, 0.29) is 11.9 Å². The van der Waals surface area contributed by atoms with Crippen molar-refractivity contribution in [2.75, 3.05) is 6.54 Å². The van der Waals surface area contributed by atoms with Crippen molar-refractivity contribution in [1.82, 2.24) is 0 Å². The Morgan fingerprint density at radius 1 is 1.32 bits per heavy atom. The summed E-state index contributed by atoms with van der Waals surface area (Å²) in [6, 6.07) is 5.15. The van der Waals surface area contributed by atoms with E-state index >= 15 is 0 Å². The summed E-state index contributed by atoms with van der Waals surface area (Å²) in [4.78, 5) is 0. The number of benzene rings is 1. The summed E-state index contributed by atoms with van der Waals surface area (Å²) in [7, 11) is 0. The highest BCUT2D eigenvalue weighted by atomic mass is 19.1. The molecule has 0 saturated heterocycles. The molecule has 0 aromatic heterocycles. The second-order valence-electron chi connectivity index (χ2n) is 5.20. The SMILES string of the molecule is CC(C)Oc1ccc(/C(=C/CCN)C(C)C)cc1F. The molecule has 106 valence electrons. The lowest BCUT2D eigenvalue weighted by Crippen LogP contribution is -2.07. The molecule has 0 bridgehead atoms. The maximum Gasteiger partial charge on any atom is 0.165 e. The molecule has 1 rings (SSSR count). The number of ether oxygens (including phenoxy) is 1. The summed E-state index contributed by atoms with van der Waals surface area (Å²) < 4.78 is 19.4. The second kappa shape index (κ2) is 7.29. The molecular formula is C16H24FNO. The minimum Gasteiger partial charge on any atom is -0.488 e. The van der Waals surface area contributed by atoms with E-state index in [2.05, 4.69) is 19.9 Å². The van der Waals surface area contributed by atoms with Crippen molar-refractivity contribution in [1.29, 1.82) is 0 Å². The van der Waals surface area contributed by atoms with Gasteiger partial charge in [0.1, 0.15) is 0 Å². The van der Waals surface area contributed by atoms with Crippen LogP contribution in [0.4, 0.5) is 4.39 Å². The quantitative estimate of drug-likeness (QED) is 0.843. The van der Waals surface area contributed by atoms with Gasteiger partial charge in [0, 0.05) is 0 Å². The zero-order valence-electron chi connectivity index (χ0n) is 12.2. The van der Waals surface area contributed by atoms with Gasteiger partial charge in [-0.05, 0) is 56.0 Å². The van der Waals surface area contributed by atoms with Gasteiger partial charge in [0.25, 0.3) is 0 Å². The first-order valence-corrected chi connectivity index (χ1v) is 6.82. The van der Waals surface area contributed by atoms with Crippen molar-refractivity contribution in [3.63, 3.8) is 0 Å². The number of halogens is 1. The van der Waals surface area contributed by atoms with Gasteiger partial charge in [-0.1, -0.05) is 26.0 Å². The van der Waals surface area contributed by atoms with Crippen LogP contribution in [0.3, 0.4) is 0 Å². The van der Waals surface area contributed by atoms with Crippen LogP contribution in [-0.2, 0) is 0 Å². The summed E-state index contributed by atoms with van der Waals surface area (Å²) in [5, 5.41) is 0. The van der Waals surface area contributed by atoms with Crippen LogP contribution in [0.5, 0.6) is 5.75 Å². The number of hydrogen-bond acceptors (Lipinski definition) is 2. The highest BCUT2D eigenvalue weighted by molar-refractivity contribution is 5.67. The molecule has 0 atom stereocenters. The molecular weight excluding hydrogens is 241 g/mol. The van der Waals surface area contributed by atoms with Crippen molar-refractivity contribution >= 4 is 5.57 Å². The van der Waals surface area contributed by atoms with E-state index in [0.717, 1.165) is 17.6 Å². The van der Waals surface area contributed by atoms with E-state index in [1.165, 1.54) is 0 Å². The molecule has 3 heteroatoms. The molecule has 0 spiro atoms. The molecule has 0 saturated carbocycles. The third kappa shape index (κ3) is 4.67. The first-order chi connectivity index (χ1) is 8.95. The highest BCUT2D eigenvalue weighted by Gasteiger charge is 2.11. The Kier molecular flexibility index (Phi) is 6.03. The monoisotopic (exact) mass is 265 g/mol.